The Morgan fingerprint density at radius 2 is 1.94 bits per heavy atom. The number of hydrogen-bond acceptors (Lipinski definition) is 6. The fourth-order valence-electron chi connectivity index (χ4n) is 0.635. The number of nitrogens with zero attached hydrogens (tertiary/aromatic N) is 2. The van der Waals surface area contributed by atoms with Crippen LogP contribution in [0.5, 0.6) is 0 Å². The highest BCUT2D eigenvalue weighted by molar-refractivity contribution is 7.92. The van der Waals surface area contributed by atoms with E-state index in [0.717, 1.165) is 11.9 Å². The van der Waals surface area contributed by atoms with Gasteiger partial charge >= 0.3 is 0 Å². The lowest BCUT2D eigenvalue weighted by atomic mass is 10.5. The molecule has 0 radical (unpaired) electrons. The highest BCUT2D eigenvalue weighted by atomic mass is 32.2. The van der Waals surface area contributed by atoms with E-state index in [9.17, 15) is 8.42 Å². The largest absolute Gasteiger partial charge is 0.471 e. The van der Waals surface area contributed by atoms with Crippen molar-refractivity contribution >= 4 is 22.3 Å². The third kappa shape index (κ3) is 7.68. The van der Waals surface area contributed by atoms with Gasteiger partial charge in [-0.2, -0.15) is 0 Å². The van der Waals surface area contributed by atoms with E-state index >= 15 is 0 Å². The molecule has 8 heteroatoms. The van der Waals surface area contributed by atoms with Gasteiger partial charge in [0, 0.05) is 0 Å². The Balaban J connectivity index is 0.000000487. The number of sulfonamides is 1. The first kappa shape index (κ1) is 14.3. The van der Waals surface area contributed by atoms with Crippen LogP contribution in [0.4, 0.5) is 5.82 Å². The maximum atomic E-state index is 10.7. The molecule has 0 fully saturated rings. The number of aromatic nitrogens is 2. The fourth-order valence-corrected chi connectivity index (χ4v) is 1.12. The minimum absolute atomic E-state index is 0.239. The topological polar surface area (TPSA) is 98.2 Å². The third-order valence-corrected chi connectivity index (χ3v) is 1.75. The molecule has 0 unspecified atom stereocenters. The summed E-state index contributed by atoms with van der Waals surface area (Å²) in [7, 11) is -1.93. The van der Waals surface area contributed by atoms with Gasteiger partial charge in [-0.3, -0.25) is 14.5 Å². The van der Waals surface area contributed by atoms with Gasteiger partial charge in [0.05, 0.1) is 31.5 Å². The first-order valence-electron chi connectivity index (χ1n) is 4.12. The lowest BCUT2D eigenvalue weighted by molar-refractivity contribution is -0.126. The van der Waals surface area contributed by atoms with Gasteiger partial charge in [-0.15, -0.1) is 0 Å². The Hall–Kier alpha value is -1.70. The second-order valence-corrected chi connectivity index (χ2v) is 4.50. The zero-order valence-electron chi connectivity index (χ0n) is 9.17. The molecular formula is C8H13N3O4S. The van der Waals surface area contributed by atoms with E-state index in [1.54, 1.807) is 6.92 Å². The molecule has 16 heavy (non-hydrogen) atoms. The molecule has 1 rings (SSSR count). The highest BCUT2D eigenvalue weighted by Gasteiger charge is 2.01. The van der Waals surface area contributed by atoms with Crippen LogP contribution in [0.2, 0.25) is 0 Å². The van der Waals surface area contributed by atoms with E-state index in [1.807, 2.05) is 0 Å². The van der Waals surface area contributed by atoms with Gasteiger partial charge in [0.25, 0.3) is 6.47 Å². The van der Waals surface area contributed by atoms with Crippen LogP contribution in [-0.4, -0.2) is 38.2 Å². The Bertz CT molecular complexity index is 415. The van der Waals surface area contributed by atoms with Gasteiger partial charge in [-0.1, -0.05) is 0 Å². The van der Waals surface area contributed by atoms with Crippen molar-refractivity contribution in [3.05, 3.63) is 18.1 Å². The van der Waals surface area contributed by atoms with Gasteiger partial charge < -0.3 is 4.74 Å². The fraction of sp³-hybridized carbons (Fsp3) is 0.375. The number of carbonyl (C=O) groups is 1. The van der Waals surface area contributed by atoms with Crippen LogP contribution in [-0.2, 0) is 19.6 Å². The molecule has 1 aromatic rings. The zero-order chi connectivity index (χ0) is 12.6. The summed E-state index contributed by atoms with van der Waals surface area (Å²) in [5.41, 5.74) is 0.744. The molecule has 0 atom stereocenters. The van der Waals surface area contributed by atoms with E-state index in [0.29, 0.717) is 6.47 Å². The maximum Gasteiger partial charge on any atom is 0.292 e. The molecule has 1 N–H and O–H groups in total. The molecule has 0 bridgehead atoms. The molecule has 90 valence electrons. The van der Waals surface area contributed by atoms with Gasteiger partial charge in [-0.25, -0.2) is 13.4 Å². The number of hydrogen-bond donors (Lipinski definition) is 1. The average molecular weight is 247 g/mol. The van der Waals surface area contributed by atoms with Crippen LogP contribution >= 0.6 is 0 Å². The number of rotatable bonds is 3. The van der Waals surface area contributed by atoms with Crippen molar-refractivity contribution < 1.29 is 17.9 Å². The van der Waals surface area contributed by atoms with Crippen molar-refractivity contribution in [2.24, 2.45) is 0 Å². The molecule has 0 spiro atoms. The predicted octanol–water partition coefficient (Wildman–Crippen LogP) is -0.0543. The van der Waals surface area contributed by atoms with Crippen LogP contribution in [0.1, 0.15) is 5.69 Å². The van der Waals surface area contributed by atoms with Crippen molar-refractivity contribution in [2.45, 2.75) is 6.92 Å². The minimum Gasteiger partial charge on any atom is -0.471 e. The van der Waals surface area contributed by atoms with E-state index in [1.165, 1.54) is 19.5 Å². The number of nitrogens with one attached hydrogen (secondary N) is 1. The summed E-state index contributed by atoms with van der Waals surface area (Å²) in [6, 6.07) is 0. The smallest absolute Gasteiger partial charge is 0.292 e. The van der Waals surface area contributed by atoms with Crippen molar-refractivity contribution in [1.29, 1.82) is 0 Å². The Morgan fingerprint density at radius 1 is 1.38 bits per heavy atom. The monoisotopic (exact) mass is 247 g/mol. The maximum absolute atomic E-state index is 10.7. The van der Waals surface area contributed by atoms with Gasteiger partial charge in [0.1, 0.15) is 0 Å². The molecule has 0 aliphatic heterocycles. The van der Waals surface area contributed by atoms with E-state index < -0.39 is 10.0 Å². The minimum atomic E-state index is -3.24. The molecule has 7 nitrogen and oxygen atoms in total. The summed E-state index contributed by atoms with van der Waals surface area (Å²) in [6.45, 7) is 2.15. The second kappa shape index (κ2) is 6.72. The first-order valence-corrected chi connectivity index (χ1v) is 6.01. The zero-order valence-corrected chi connectivity index (χ0v) is 9.98. The number of methoxy groups -OCH3 is 1. The van der Waals surface area contributed by atoms with Crippen molar-refractivity contribution in [3.8, 4) is 0 Å². The van der Waals surface area contributed by atoms with Gasteiger partial charge in [-0.05, 0) is 6.92 Å². The van der Waals surface area contributed by atoms with Crippen LogP contribution in [0.15, 0.2) is 12.4 Å². The molecule has 0 saturated heterocycles. The van der Waals surface area contributed by atoms with Gasteiger partial charge in [0.15, 0.2) is 5.82 Å². The van der Waals surface area contributed by atoms with Crippen LogP contribution in [0.25, 0.3) is 0 Å². The molecule has 1 aromatic heterocycles. The Morgan fingerprint density at radius 3 is 2.25 bits per heavy atom. The number of aryl methyl sites for hydroxylation is 1. The van der Waals surface area contributed by atoms with E-state index in [4.69, 9.17) is 4.79 Å². The van der Waals surface area contributed by atoms with E-state index in [2.05, 4.69) is 19.4 Å². The normalized spacial score (nSPS) is 9.69. The summed E-state index contributed by atoms with van der Waals surface area (Å²) in [6.07, 6.45) is 3.93. The number of anilines is 1. The highest BCUT2D eigenvalue weighted by Crippen LogP contribution is 2.01. The Kier molecular flexibility index (Phi) is 6.01. The lowest BCUT2D eigenvalue weighted by Gasteiger charge is -2.00. The summed E-state index contributed by atoms with van der Waals surface area (Å²) in [5, 5.41) is 0. The summed E-state index contributed by atoms with van der Waals surface area (Å²) in [5.74, 6) is 0.239. The summed E-state index contributed by atoms with van der Waals surface area (Å²) >= 11 is 0. The number of carbonyl (C=O) groups excluding carboxylic acids is 1. The average Bonchev–Trinajstić information content (AvgIpc) is 2.20. The predicted molar refractivity (Wildman–Crippen MR) is 58.3 cm³/mol. The van der Waals surface area contributed by atoms with Crippen LogP contribution < -0.4 is 4.72 Å². The van der Waals surface area contributed by atoms with Crippen molar-refractivity contribution in [3.63, 3.8) is 0 Å². The quantitative estimate of drug-likeness (QED) is 0.752. The Labute approximate surface area is 93.9 Å². The van der Waals surface area contributed by atoms with Crippen LogP contribution in [0.3, 0.4) is 0 Å². The third-order valence-electron chi connectivity index (χ3n) is 1.17. The standard InChI is InChI=1S/C6H9N3O2S.C2H4O2/c1-5-3-8-6(4-7-5)9-12(2,10)11;1-4-2-3/h3-4H,1-2H3,(H,8,9);2H,1H3. The number of ether oxygens (including phenoxy) is 1. The molecule has 0 amide bonds. The molecule has 0 aliphatic rings. The van der Waals surface area contributed by atoms with Crippen LogP contribution in [0, 0.1) is 6.92 Å². The van der Waals surface area contributed by atoms with E-state index in [-0.39, 0.29) is 5.82 Å². The lowest BCUT2D eigenvalue weighted by Crippen LogP contribution is -2.10. The molecule has 0 aromatic carbocycles. The molecular weight excluding hydrogens is 234 g/mol. The van der Waals surface area contributed by atoms with Crippen molar-refractivity contribution in [2.75, 3.05) is 18.1 Å². The first-order chi connectivity index (χ1) is 7.39. The molecule has 0 aliphatic carbocycles. The summed E-state index contributed by atoms with van der Waals surface area (Å²) < 4.78 is 27.5. The summed E-state index contributed by atoms with van der Waals surface area (Å²) in [4.78, 5) is 16.6. The molecule has 1 heterocycles. The van der Waals surface area contributed by atoms with Crippen molar-refractivity contribution in [1.82, 2.24) is 9.97 Å². The second-order valence-electron chi connectivity index (χ2n) is 2.75. The van der Waals surface area contributed by atoms with Gasteiger partial charge in [0.2, 0.25) is 10.0 Å². The molecule has 0 saturated carbocycles. The SMILES string of the molecule is COC=O.Cc1cnc(NS(C)(=O)=O)cn1.